The maximum atomic E-state index is 11.8. The highest BCUT2D eigenvalue weighted by atomic mass is 16.1. The van der Waals surface area contributed by atoms with Crippen molar-refractivity contribution in [2.45, 2.75) is 19.3 Å². The third kappa shape index (κ3) is 4.70. The first-order valence-electron chi connectivity index (χ1n) is 8.49. The lowest BCUT2D eigenvalue weighted by molar-refractivity contribution is 0.0939. The fourth-order valence-corrected chi connectivity index (χ4v) is 3.26. The molecule has 4 nitrogen and oxygen atoms in total. The molecule has 1 aromatic heterocycles. The van der Waals surface area contributed by atoms with E-state index in [1.54, 1.807) is 12.3 Å². The van der Waals surface area contributed by atoms with Gasteiger partial charge in [-0.25, -0.2) is 0 Å². The lowest BCUT2D eigenvalue weighted by Crippen LogP contribution is -2.40. The number of likely N-dealkylation sites (tertiary alicyclic amines) is 1. The van der Waals surface area contributed by atoms with E-state index in [9.17, 15) is 4.79 Å². The molecule has 1 aliphatic heterocycles. The van der Waals surface area contributed by atoms with Gasteiger partial charge >= 0.3 is 0 Å². The van der Waals surface area contributed by atoms with Gasteiger partial charge in [-0.15, -0.1) is 0 Å². The molecule has 4 heteroatoms. The third-order valence-corrected chi connectivity index (χ3v) is 4.63. The molecule has 0 saturated carbocycles. The molecule has 122 valence electrons. The summed E-state index contributed by atoms with van der Waals surface area (Å²) >= 11 is 0. The van der Waals surface area contributed by atoms with Gasteiger partial charge in [-0.2, -0.15) is 0 Å². The number of carbonyl (C=O) groups is 1. The molecule has 23 heavy (non-hydrogen) atoms. The molecule has 0 bridgehead atoms. The van der Waals surface area contributed by atoms with Gasteiger partial charge in [-0.3, -0.25) is 4.79 Å². The first-order valence-corrected chi connectivity index (χ1v) is 8.49. The van der Waals surface area contributed by atoms with E-state index in [-0.39, 0.29) is 5.91 Å². The van der Waals surface area contributed by atoms with Gasteiger partial charge in [0.25, 0.3) is 5.91 Å². The van der Waals surface area contributed by atoms with Crippen LogP contribution in [-0.2, 0) is 6.42 Å². The molecule has 2 heterocycles. The molecule has 1 aliphatic rings. The second-order valence-electron chi connectivity index (χ2n) is 6.31. The van der Waals surface area contributed by atoms with Gasteiger partial charge < -0.3 is 15.2 Å². The molecule has 0 spiro atoms. The summed E-state index contributed by atoms with van der Waals surface area (Å²) in [6, 6.07) is 14.4. The van der Waals surface area contributed by atoms with Crippen molar-refractivity contribution in [1.82, 2.24) is 15.2 Å². The number of nitrogens with zero attached hydrogens (tertiary/aromatic N) is 1. The van der Waals surface area contributed by atoms with Crippen LogP contribution >= 0.6 is 0 Å². The molecule has 1 amide bonds. The molecular weight excluding hydrogens is 286 g/mol. The minimum absolute atomic E-state index is 0.0195. The van der Waals surface area contributed by atoms with Gasteiger partial charge in [0.15, 0.2) is 0 Å². The Hall–Kier alpha value is -2.07. The van der Waals surface area contributed by atoms with Crippen molar-refractivity contribution in [3.05, 3.63) is 59.9 Å². The quantitative estimate of drug-likeness (QED) is 0.862. The largest absolute Gasteiger partial charge is 0.357 e. The zero-order valence-electron chi connectivity index (χ0n) is 13.5. The van der Waals surface area contributed by atoms with E-state index in [1.807, 2.05) is 6.07 Å². The highest BCUT2D eigenvalue weighted by Crippen LogP contribution is 2.21. The van der Waals surface area contributed by atoms with E-state index < -0.39 is 0 Å². The second kappa shape index (κ2) is 7.97. The Bertz CT molecular complexity index is 586. The number of amides is 1. The van der Waals surface area contributed by atoms with Crippen LogP contribution in [0.15, 0.2) is 48.7 Å². The van der Waals surface area contributed by atoms with Crippen molar-refractivity contribution in [2.24, 2.45) is 5.92 Å². The van der Waals surface area contributed by atoms with Gasteiger partial charge in [-0.1, -0.05) is 30.3 Å². The van der Waals surface area contributed by atoms with Crippen molar-refractivity contribution >= 4 is 5.91 Å². The van der Waals surface area contributed by atoms with Crippen LogP contribution in [0.1, 0.15) is 28.9 Å². The predicted molar refractivity (Wildman–Crippen MR) is 92.4 cm³/mol. The second-order valence-corrected chi connectivity index (χ2v) is 6.31. The van der Waals surface area contributed by atoms with Crippen LogP contribution in [0.5, 0.6) is 0 Å². The van der Waals surface area contributed by atoms with Crippen LogP contribution in [0.25, 0.3) is 0 Å². The Morgan fingerprint density at radius 3 is 2.61 bits per heavy atom. The molecule has 0 aliphatic carbocycles. The van der Waals surface area contributed by atoms with Crippen LogP contribution in [0, 0.1) is 5.92 Å². The summed E-state index contributed by atoms with van der Waals surface area (Å²) in [4.78, 5) is 17.2. The van der Waals surface area contributed by atoms with Gasteiger partial charge in [-0.05, 0) is 56.0 Å². The predicted octanol–water partition coefficient (Wildman–Crippen LogP) is 2.70. The maximum Gasteiger partial charge on any atom is 0.267 e. The Balaban J connectivity index is 1.34. The summed E-state index contributed by atoms with van der Waals surface area (Å²) in [6.07, 6.45) is 5.46. The topological polar surface area (TPSA) is 48.1 Å². The Morgan fingerprint density at radius 2 is 1.91 bits per heavy atom. The minimum atomic E-state index is -0.0195. The molecule has 2 aromatic rings. The average Bonchev–Trinajstić information content (AvgIpc) is 3.12. The monoisotopic (exact) mass is 311 g/mol. The number of hydrogen-bond acceptors (Lipinski definition) is 2. The Kier molecular flexibility index (Phi) is 5.48. The first kappa shape index (κ1) is 15.8. The SMILES string of the molecule is O=C(NCCN1CCC(Cc2ccccc2)CC1)c1ccc[nH]1. The van der Waals surface area contributed by atoms with E-state index in [0.29, 0.717) is 12.2 Å². The molecule has 0 atom stereocenters. The number of H-pyrrole nitrogens is 1. The number of nitrogens with one attached hydrogen (secondary N) is 2. The highest BCUT2D eigenvalue weighted by molar-refractivity contribution is 5.92. The molecular formula is C19H25N3O. The Labute approximate surface area is 137 Å². The molecule has 3 rings (SSSR count). The number of hydrogen-bond donors (Lipinski definition) is 2. The summed E-state index contributed by atoms with van der Waals surface area (Å²) < 4.78 is 0. The van der Waals surface area contributed by atoms with Gasteiger partial charge in [0.05, 0.1) is 0 Å². The smallest absolute Gasteiger partial charge is 0.267 e. The fourth-order valence-electron chi connectivity index (χ4n) is 3.26. The van der Waals surface area contributed by atoms with Crippen LogP contribution in [0.2, 0.25) is 0 Å². The van der Waals surface area contributed by atoms with Crippen molar-refractivity contribution < 1.29 is 4.79 Å². The third-order valence-electron chi connectivity index (χ3n) is 4.63. The van der Waals surface area contributed by atoms with E-state index in [1.165, 1.54) is 24.8 Å². The molecule has 1 fully saturated rings. The van der Waals surface area contributed by atoms with Gasteiger partial charge in [0, 0.05) is 19.3 Å². The van der Waals surface area contributed by atoms with Crippen molar-refractivity contribution in [3.63, 3.8) is 0 Å². The lowest BCUT2D eigenvalue weighted by Gasteiger charge is -2.32. The lowest BCUT2D eigenvalue weighted by atomic mass is 9.90. The first-order chi connectivity index (χ1) is 11.3. The fraction of sp³-hybridized carbons (Fsp3) is 0.421. The molecule has 1 saturated heterocycles. The number of aromatic nitrogens is 1. The normalized spacial score (nSPS) is 16.3. The van der Waals surface area contributed by atoms with Crippen LogP contribution in [-0.4, -0.2) is 42.0 Å². The summed E-state index contributed by atoms with van der Waals surface area (Å²) in [5.41, 5.74) is 2.08. The van der Waals surface area contributed by atoms with E-state index in [0.717, 1.165) is 25.6 Å². The van der Waals surface area contributed by atoms with Crippen LogP contribution in [0.3, 0.4) is 0 Å². The van der Waals surface area contributed by atoms with Crippen LogP contribution in [0.4, 0.5) is 0 Å². The Morgan fingerprint density at radius 1 is 1.13 bits per heavy atom. The van der Waals surface area contributed by atoms with E-state index in [4.69, 9.17) is 0 Å². The summed E-state index contributed by atoms with van der Waals surface area (Å²) in [7, 11) is 0. The number of benzene rings is 1. The van der Waals surface area contributed by atoms with Crippen molar-refractivity contribution in [1.29, 1.82) is 0 Å². The van der Waals surface area contributed by atoms with Crippen LogP contribution < -0.4 is 5.32 Å². The number of carbonyl (C=O) groups excluding carboxylic acids is 1. The zero-order valence-corrected chi connectivity index (χ0v) is 13.5. The summed E-state index contributed by atoms with van der Waals surface area (Å²) in [5, 5.41) is 2.97. The summed E-state index contributed by atoms with van der Waals surface area (Å²) in [5.74, 6) is 0.774. The average molecular weight is 311 g/mol. The van der Waals surface area contributed by atoms with Crippen molar-refractivity contribution in [2.75, 3.05) is 26.2 Å². The number of aromatic amines is 1. The molecule has 0 radical (unpaired) electrons. The van der Waals surface area contributed by atoms with Crippen molar-refractivity contribution in [3.8, 4) is 0 Å². The number of piperidine rings is 1. The van der Waals surface area contributed by atoms with E-state index >= 15 is 0 Å². The van der Waals surface area contributed by atoms with Gasteiger partial charge in [0.1, 0.15) is 5.69 Å². The maximum absolute atomic E-state index is 11.8. The molecule has 0 unspecified atom stereocenters. The van der Waals surface area contributed by atoms with E-state index in [2.05, 4.69) is 45.5 Å². The van der Waals surface area contributed by atoms with Gasteiger partial charge in [0.2, 0.25) is 0 Å². The summed E-state index contributed by atoms with van der Waals surface area (Å²) in [6.45, 7) is 3.91. The minimum Gasteiger partial charge on any atom is -0.357 e. The highest BCUT2D eigenvalue weighted by Gasteiger charge is 2.19. The standard InChI is InChI=1S/C19H25N3O/c23-19(18-7-4-10-20-18)21-11-14-22-12-8-17(9-13-22)15-16-5-2-1-3-6-16/h1-7,10,17,20H,8-9,11-15H2,(H,21,23). The molecule has 2 N–H and O–H groups in total. The number of rotatable bonds is 6. The zero-order chi connectivity index (χ0) is 15.9. The molecule has 1 aromatic carbocycles.